The number of amides is 2. The summed E-state index contributed by atoms with van der Waals surface area (Å²) in [4.78, 5) is 28.4. The molecule has 11 nitrogen and oxygen atoms in total. The smallest absolute Gasteiger partial charge is 0.504 e. The number of anilines is 1. The van der Waals surface area contributed by atoms with Gasteiger partial charge in [0.2, 0.25) is 16.9 Å². The van der Waals surface area contributed by atoms with E-state index in [9.17, 15) is 27.9 Å². The fourth-order valence-electron chi connectivity index (χ4n) is 3.43. The van der Waals surface area contributed by atoms with E-state index in [1.54, 1.807) is 24.4 Å². The van der Waals surface area contributed by atoms with Gasteiger partial charge in [0.25, 0.3) is 0 Å². The average molecular weight is 592 g/mol. The topological polar surface area (TPSA) is 178 Å². The molecule has 0 fully saturated rings. The first-order valence-corrected chi connectivity index (χ1v) is 13.1. The predicted octanol–water partition coefficient (Wildman–Crippen LogP) is 3.43. The predicted molar refractivity (Wildman–Crippen MR) is 145 cm³/mol. The highest BCUT2D eigenvalue weighted by Gasteiger charge is 2.32. The number of hydrogen-bond donors (Lipinski definition) is 5. The number of nitrogens with one attached hydrogen (secondary N) is 2. The summed E-state index contributed by atoms with van der Waals surface area (Å²) in [6.07, 6.45) is 2.16. The Kier molecular flexibility index (Phi) is 11.0. The molecule has 41 heavy (non-hydrogen) atoms. The van der Waals surface area contributed by atoms with Gasteiger partial charge in [0.05, 0.1) is 12.8 Å². The summed E-state index contributed by atoms with van der Waals surface area (Å²) in [5.74, 6) is -2.33. The van der Waals surface area contributed by atoms with Crippen LogP contribution in [0.25, 0.3) is 0 Å². The number of carbonyl (C=O) groups excluding carboxylic acids is 2. The molecule has 0 aliphatic heterocycles. The molecule has 15 heteroatoms. The maximum atomic E-state index is 12.4. The summed E-state index contributed by atoms with van der Waals surface area (Å²) in [7, 11) is 0. The molecule has 0 saturated carbocycles. The third-order valence-corrected chi connectivity index (χ3v) is 6.16. The van der Waals surface area contributed by atoms with Crippen LogP contribution in [-0.4, -0.2) is 38.5 Å². The molecule has 1 aromatic carbocycles. The van der Waals surface area contributed by atoms with Crippen molar-refractivity contribution in [2.45, 2.75) is 44.9 Å². The van der Waals surface area contributed by atoms with E-state index in [1.807, 2.05) is 6.07 Å². The fourth-order valence-corrected chi connectivity index (χ4v) is 4.23. The maximum Gasteiger partial charge on any atom is 0.573 e. The van der Waals surface area contributed by atoms with Gasteiger partial charge in [0.15, 0.2) is 11.5 Å². The number of nitrogens with two attached hydrogens (primary N) is 2. The number of alkyl halides is 3. The van der Waals surface area contributed by atoms with Crippen LogP contribution in [0.2, 0.25) is 0 Å². The molecule has 3 rings (SSSR count). The van der Waals surface area contributed by atoms with Gasteiger partial charge in [0, 0.05) is 24.0 Å². The quantitative estimate of drug-likeness (QED) is 0.147. The van der Waals surface area contributed by atoms with Gasteiger partial charge < -0.3 is 31.9 Å². The maximum absolute atomic E-state index is 12.4. The second kappa shape index (κ2) is 14.6. The van der Waals surface area contributed by atoms with E-state index < -0.39 is 23.8 Å². The van der Waals surface area contributed by atoms with Crippen molar-refractivity contribution in [1.29, 1.82) is 0 Å². The van der Waals surface area contributed by atoms with E-state index in [0.717, 1.165) is 30.0 Å². The minimum Gasteiger partial charge on any atom is -0.504 e. The number of carbonyl (C=O) groups is 2. The lowest BCUT2D eigenvalue weighted by molar-refractivity contribution is -0.275. The first kappa shape index (κ1) is 30.9. The number of ether oxygens (including phenoxy) is 1. The minimum atomic E-state index is -4.99. The summed E-state index contributed by atoms with van der Waals surface area (Å²) < 4.78 is 41.0. The molecule has 0 aliphatic carbocycles. The van der Waals surface area contributed by atoms with Crippen LogP contribution in [0.5, 0.6) is 11.5 Å². The van der Waals surface area contributed by atoms with Gasteiger partial charge >= 0.3 is 6.36 Å². The number of phenolic OH excluding ortho intramolecular Hbond substituents is 1. The molecule has 0 radical (unpaired) electrons. The first-order valence-electron chi connectivity index (χ1n) is 12.3. The van der Waals surface area contributed by atoms with Crippen molar-refractivity contribution in [3.8, 4) is 11.5 Å². The van der Waals surface area contributed by atoms with Gasteiger partial charge in [-0.05, 0) is 61.2 Å². The average Bonchev–Trinajstić information content (AvgIpc) is 3.34. The Morgan fingerprint density at radius 3 is 2.59 bits per heavy atom. The molecule has 7 N–H and O–H groups in total. The van der Waals surface area contributed by atoms with Crippen molar-refractivity contribution in [2.24, 2.45) is 11.5 Å². The number of aromatic nitrogens is 3. The van der Waals surface area contributed by atoms with E-state index in [2.05, 4.69) is 30.6 Å². The van der Waals surface area contributed by atoms with Crippen LogP contribution in [0.4, 0.5) is 18.3 Å². The van der Waals surface area contributed by atoms with Crippen molar-refractivity contribution >= 4 is 28.3 Å². The van der Waals surface area contributed by atoms with Crippen molar-refractivity contribution in [3.63, 3.8) is 0 Å². The number of nitrogens with zero attached hydrogens (tertiary/aromatic N) is 3. The molecular weight excluding hydrogens is 563 g/mol. The number of allylic oxidation sites excluding steroid dienone is 3. The lowest BCUT2D eigenvalue weighted by Gasteiger charge is -2.12. The summed E-state index contributed by atoms with van der Waals surface area (Å²) in [5.41, 5.74) is 13.2. The lowest BCUT2D eigenvalue weighted by atomic mass is 10.1. The van der Waals surface area contributed by atoms with Crippen molar-refractivity contribution < 1.29 is 32.6 Å². The zero-order valence-electron chi connectivity index (χ0n) is 21.6. The molecule has 218 valence electrons. The van der Waals surface area contributed by atoms with Gasteiger partial charge in [-0.25, -0.2) is 0 Å². The molecule has 2 heterocycles. The van der Waals surface area contributed by atoms with Gasteiger partial charge in [-0.1, -0.05) is 23.5 Å². The summed E-state index contributed by atoms with van der Waals surface area (Å²) in [6.45, 7) is 0. The van der Waals surface area contributed by atoms with E-state index in [1.165, 1.54) is 23.5 Å². The van der Waals surface area contributed by atoms with Gasteiger partial charge in [-0.3, -0.25) is 14.6 Å². The largest absolute Gasteiger partial charge is 0.573 e. The molecule has 3 aromatic rings. The van der Waals surface area contributed by atoms with Crippen molar-refractivity contribution in [2.75, 3.05) is 5.32 Å². The monoisotopic (exact) mass is 591 g/mol. The van der Waals surface area contributed by atoms with Crippen LogP contribution in [0.15, 0.2) is 66.3 Å². The number of pyridine rings is 1. The van der Waals surface area contributed by atoms with Crippen molar-refractivity contribution in [1.82, 2.24) is 20.5 Å². The second-order valence-corrected chi connectivity index (χ2v) is 9.75. The number of rotatable bonds is 13. The number of phenols is 1. The highest BCUT2D eigenvalue weighted by atomic mass is 32.1. The minimum absolute atomic E-state index is 0.00465. The fraction of sp³-hybridized carbons (Fsp3) is 0.269. The third-order valence-electron chi connectivity index (χ3n) is 5.26. The van der Waals surface area contributed by atoms with Crippen LogP contribution < -0.4 is 26.8 Å². The summed E-state index contributed by atoms with van der Waals surface area (Å²) >= 11 is 1.30. The third kappa shape index (κ3) is 11.5. The van der Waals surface area contributed by atoms with Crippen LogP contribution in [0, 0.1) is 0 Å². The Morgan fingerprint density at radius 1 is 1.05 bits per heavy atom. The van der Waals surface area contributed by atoms with Crippen LogP contribution in [0.1, 0.15) is 35.5 Å². The first-order chi connectivity index (χ1) is 19.5. The van der Waals surface area contributed by atoms with Crippen LogP contribution >= 0.6 is 11.3 Å². The summed E-state index contributed by atoms with van der Waals surface area (Å²) in [5, 5.41) is 23.9. The molecule has 0 aliphatic rings. The molecule has 0 saturated heterocycles. The number of aromatic hydroxyl groups is 1. The molecule has 2 aromatic heterocycles. The molecule has 0 spiro atoms. The number of benzene rings is 1. The van der Waals surface area contributed by atoms with Gasteiger partial charge in [-0.2, -0.15) is 0 Å². The highest BCUT2D eigenvalue weighted by Crippen LogP contribution is 2.32. The second-order valence-electron chi connectivity index (χ2n) is 8.69. The number of unbranched alkanes of at least 4 members (excludes halogenated alkanes) is 1. The normalized spacial score (nSPS) is 12.2. The Hall–Kier alpha value is -4.66. The van der Waals surface area contributed by atoms with E-state index in [0.29, 0.717) is 29.4 Å². The lowest BCUT2D eigenvalue weighted by Crippen LogP contribution is -2.28. The Bertz CT molecular complexity index is 1400. The number of aryl methyl sites for hydroxylation is 1. The Labute approximate surface area is 237 Å². The molecule has 0 bridgehead atoms. The zero-order chi connectivity index (χ0) is 29.8. The van der Waals surface area contributed by atoms with Gasteiger partial charge in [-0.15, -0.1) is 23.4 Å². The SMILES string of the molecule is N/C(=C\C=C(/N)NC(=O)Cc1ccc(O)c(OC(F)(F)F)c1)CCCCc1nnc(NC(=O)Cc2ccccn2)s1. The summed E-state index contributed by atoms with van der Waals surface area (Å²) in [6, 6.07) is 8.56. The Morgan fingerprint density at radius 2 is 1.85 bits per heavy atom. The molecule has 2 amide bonds. The number of halogens is 3. The Balaban J connectivity index is 1.37. The van der Waals surface area contributed by atoms with Gasteiger partial charge in [0.1, 0.15) is 10.8 Å². The van der Waals surface area contributed by atoms with Crippen LogP contribution in [-0.2, 0) is 28.9 Å². The van der Waals surface area contributed by atoms with E-state index >= 15 is 0 Å². The highest BCUT2D eigenvalue weighted by molar-refractivity contribution is 7.15. The van der Waals surface area contributed by atoms with Crippen molar-refractivity contribution in [3.05, 3.63) is 82.5 Å². The zero-order valence-corrected chi connectivity index (χ0v) is 22.5. The molecule has 0 atom stereocenters. The van der Waals surface area contributed by atoms with Crippen LogP contribution in [0.3, 0.4) is 0 Å². The van der Waals surface area contributed by atoms with E-state index in [-0.39, 0.29) is 30.1 Å². The molecular formula is C26H28F3N7O4S. The standard InChI is InChI=1S/C26H28F3N7O4S/c27-26(28,29)40-20-13-16(8-10-19(20)37)14-22(38)33-21(31)11-9-17(30)5-1-2-7-24-35-36-25(41-24)34-23(39)15-18-6-3-4-12-32-18/h3-4,6,8-13,37H,1-2,5,7,14-15,30-31H2,(H,33,38)(H,34,36,39)/b17-9-,21-11+. The molecule has 0 unspecified atom stereocenters. The van der Waals surface area contributed by atoms with E-state index in [4.69, 9.17) is 11.5 Å². The number of hydrogen-bond acceptors (Lipinski definition) is 10.